The van der Waals surface area contributed by atoms with Crippen LogP contribution in [0.4, 0.5) is 5.69 Å². The first-order valence-corrected chi connectivity index (χ1v) is 8.45. The molecule has 4 nitrogen and oxygen atoms in total. The summed E-state index contributed by atoms with van der Waals surface area (Å²) in [5, 5.41) is 0.247. The zero-order valence-electron chi connectivity index (χ0n) is 10.9. The maximum atomic E-state index is 12.1. The molecule has 7 heteroatoms. The number of nitrogens with two attached hydrogens (primary N) is 1. The quantitative estimate of drug-likeness (QED) is 0.821. The Labute approximate surface area is 134 Å². The molecule has 0 saturated carbocycles. The molecular weight excluding hydrogens is 328 g/mol. The van der Waals surface area contributed by atoms with E-state index in [1.165, 1.54) is 6.07 Å². The molecule has 21 heavy (non-hydrogen) atoms. The van der Waals surface area contributed by atoms with Gasteiger partial charge in [-0.05, 0) is 23.8 Å². The van der Waals surface area contributed by atoms with Gasteiger partial charge in [-0.25, -0.2) is 8.42 Å². The fraction of sp³-hybridized carbons (Fsp3) is 0.0714. The minimum atomic E-state index is -3.54. The maximum Gasteiger partial charge on any atom is 0.236 e. The summed E-state index contributed by atoms with van der Waals surface area (Å²) in [6.07, 6.45) is 0. The molecule has 0 spiro atoms. The lowest BCUT2D eigenvalue weighted by molar-refractivity contribution is 0.600. The third-order valence-electron chi connectivity index (χ3n) is 2.72. The Kier molecular flexibility index (Phi) is 4.82. The van der Waals surface area contributed by atoms with Gasteiger partial charge < -0.3 is 5.73 Å². The topological polar surface area (TPSA) is 72.2 Å². The average molecular weight is 341 g/mol. The molecule has 0 aromatic heterocycles. The zero-order chi connectivity index (χ0) is 15.5. The highest BCUT2D eigenvalue weighted by molar-refractivity contribution is 7.91. The van der Waals surface area contributed by atoms with Crippen LogP contribution in [0.25, 0.3) is 0 Å². The Balaban J connectivity index is 2.19. The van der Waals surface area contributed by atoms with Gasteiger partial charge in [-0.2, -0.15) is 0 Å². The van der Waals surface area contributed by atoms with E-state index < -0.39 is 10.0 Å². The molecule has 110 valence electrons. The number of rotatable bonds is 5. The first-order chi connectivity index (χ1) is 9.87. The fourth-order valence-corrected chi connectivity index (χ4v) is 3.38. The smallest absolute Gasteiger partial charge is 0.236 e. The second kappa shape index (κ2) is 6.43. The van der Waals surface area contributed by atoms with E-state index >= 15 is 0 Å². The van der Waals surface area contributed by atoms with Crippen LogP contribution in [0.5, 0.6) is 0 Å². The second-order valence-corrected chi connectivity index (χ2v) is 6.97. The lowest BCUT2D eigenvalue weighted by Crippen LogP contribution is -2.16. The Morgan fingerprint density at radius 1 is 1.19 bits per heavy atom. The molecule has 0 saturated heterocycles. The molecule has 0 aliphatic carbocycles. The summed E-state index contributed by atoms with van der Waals surface area (Å²) in [5.74, 6) is -0.124. The Bertz CT molecular complexity index is 762. The molecule has 0 atom stereocenters. The number of sulfonamides is 1. The van der Waals surface area contributed by atoms with Crippen LogP contribution in [0.1, 0.15) is 11.1 Å². The van der Waals surface area contributed by atoms with Crippen molar-refractivity contribution in [2.24, 2.45) is 5.73 Å². The highest BCUT2D eigenvalue weighted by atomic mass is 35.5. The van der Waals surface area contributed by atoms with Gasteiger partial charge in [0.25, 0.3) is 0 Å². The van der Waals surface area contributed by atoms with E-state index in [0.29, 0.717) is 16.8 Å². The molecular formula is C14H13ClN2O2S2. The minimum Gasteiger partial charge on any atom is -0.389 e. The van der Waals surface area contributed by atoms with Crippen LogP contribution < -0.4 is 10.5 Å². The molecule has 2 aromatic rings. The largest absolute Gasteiger partial charge is 0.389 e. The van der Waals surface area contributed by atoms with Crippen molar-refractivity contribution in [2.75, 3.05) is 4.72 Å². The van der Waals surface area contributed by atoms with Crippen molar-refractivity contribution >= 4 is 44.5 Å². The fourth-order valence-electron chi connectivity index (χ4n) is 1.75. The number of nitrogens with one attached hydrogen (secondary N) is 1. The first-order valence-electron chi connectivity index (χ1n) is 6.01. The van der Waals surface area contributed by atoms with Gasteiger partial charge in [0, 0.05) is 5.56 Å². The monoisotopic (exact) mass is 340 g/mol. The van der Waals surface area contributed by atoms with E-state index in [0.717, 1.165) is 0 Å². The van der Waals surface area contributed by atoms with Gasteiger partial charge >= 0.3 is 0 Å². The molecule has 0 radical (unpaired) electrons. The summed E-state index contributed by atoms with van der Waals surface area (Å²) >= 11 is 10.9. The van der Waals surface area contributed by atoms with Gasteiger partial charge in [0.05, 0.1) is 16.5 Å². The molecule has 3 N–H and O–H groups in total. The highest BCUT2D eigenvalue weighted by Gasteiger charge is 2.14. The summed E-state index contributed by atoms with van der Waals surface area (Å²) < 4.78 is 26.7. The number of anilines is 1. The maximum absolute atomic E-state index is 12.1. The average Bonchev–Trinajstić information content (AvgIpc) is 2.41. The summed E-state index contributed by atoms with van der Waals surface area (Å²) in [6.45, 7) is 0. The molecule has 2 rings (SSSR count). The summed E-state index contributed by atoms with van der Waals surface area (Å²) in [7, 11) is -3.54. The number of benzene rings is 2. The van der Waals surface area contributed by atoms with Gasteiger partial charge in [0.2, 0.25) is 10.0 Å². The second-order valence-electron chi connectivity index (χ2n) is 4.41. The van der Waals surface area contributed by atoms with E-state index in [-0.39, 0.29) is 15.8 Å². The van der Waals surface area contributed by atoms with Crippen LogP contribution in [0.2, 0.25) is 5.02 Å². The number of halogens is 1. The van der Waals surface area contributed by atoms with Crippen molar-refractivity contribution in [3.05, 3.63) is 64.7 Å². The van der Waals surface area contributed by atoms with Gasteiger partial charge in [-0.3, -0.25) is 4.72 Å². The summed E-state index contributed by atoms with van der Waals surface area (Å²) in [6, 6.07) is 13.6. The Morgan fingerprint density at radius 2 is 1.86 bits per heavy atom. The normalized spacial score (nSPS) is 11.1. The lowest BCUT2D eigenvalue weighted by Gasteiger charge is -2.10. The molecule has 0 unspecified atom stereocenters. The van der Waals surface area contributed by atoms with Crippen molar-refractivity contribution in [3.8, 4) is 0 Å². The van der Waals surface area contributed by atoms with Crippen LogP contribution in [0.3, 0.4) is 0 Å². The van der Waals surface area contributed by atoms with Gasteiger partial charge in [0.15, 0.2) is 0 Å². The van der Waals surface area contributed by atoms with E-state index in [1.54, 1.807) is 36.4 Å². The molecule has 0 heterocycles. The van der Waals surface area contributed by atoms with Crippen molar-refractivity contribution in [1.29, 1.82) is 0 Å². The molecule has 0 aliphatic rings. The summed E-state index contributed by atoms with van der Waals surface area (Å²) in [4.78, 5) is 0.204. The van der Waals surface area contributed by atoms with Crippen LogP contribution in [0, 0.1) is 0 Å². The summed E-state index contributed by atoms with van der Waals surface area (Å²) in [5.41, 5.74) is 7.07. The van der Waals surface area contributed by atoms with Gasteiger partial charge in [-0.1, -0.05) is 54.2 Å². The van der Waals surface area contributed by atoms with Crippen molar-refractivity contribution < 1.29 is 8.42 Å². The SMILES string of the molecule is NC(=S)c1ccc(NS(=O)(=O)Cc2ccccc2)c(Cl)c1. The Hall–Kier alpha value is -1.63. The van der Waals surface area contributed by atoms with E-state index in [1.807, 2.05) is 6.07 Å². The van der Waals surface area contributed by atoms with Crippen molar-refractivity contribution in [1.82, 2.24) is 0 Å². The van der Waals surface area contributed by atoms with Crippen LogP contribution in [-0.4, -0.2) is 13.4 Å². The van der Waals surface area contributed by atoms with Crippen LogP contribution >= 0.6 is 23.8 Å². The molecule has 0 fully saturated rings. The minimum absolute atomic E-state index is 0.124. The number of hydrogen-bond donors (Lipinski definition) is 2. The van der Waals surface area contributed by atoms with Crippen molar-refractivity contribution in [2.45, 2.75) is 5.75 Å². The lowest BCUT2D eigenvalue weighted by atomic mass is 10.2. The predicted molar refractivity (Wildman–Crippen MR) is 90.0 cm³/mol. The van der Waals surface area contributed by atoms with Crippen LogP contribution in [-0.2, 0) is 15.8 Å². The number of thiocarbonyl (C=S) groups is 1. The third kappa shape index (κ3) is 4.42. The number of hydrogen-bond acceptors (Lipinski definition) is 3. The highest BCUT2D eigenvalue weighted by Crippen LogP contribution is 2.24. The van der Waals surface area contributed by atoms with Crippen molar-refractivity contribution in [3.63, 3.8) is 0 Å². The molecule has 0 amide bonds. The third-order valence-corrected chi connectivity index (χ3v) is 4.51. The predicted octanol–water partition coefficient (Wildman–Crippen LogP) is 2.92. The standard InChI is InChI=1S/C14H13ClN2O2S2/c15-12-8-11(14(16)20)6-7-13(12)17-21(18,19)9-10-4-2-1-3-5-10/h1-8,17H,9H2,(H2,16,20). The molecule has 0 bridgehead atoms. The Morgan fingerprint density at radius 3 is 2.43 bits per heavy atom. The molecule has 0 aliphatic heterocycles. The first kappa shape index (κ1) is 15.8. The van der Waals surface area contributed by atoms with Crippen LogP contribution in [0.15, 0.2) is 48.5 Å². The van der Waals surface area contributed by atoms with Gasteiger partial charge in [0.1, 0.15) is 4.99 Å². The van der Waals surface area contributed by atoms with Gasteiger partial charge in [-0.15, -0.1) is 0 Å². The molecule has 2 aromatic carbocycles. The van der Waals surface area contributed by atoms with E-state index in [4.69, 9.17) is 29.6 Å². The van der Waals surface area contributed by atoms with E-state index in [2.05, 4.69) is 4.72 Å². The zero-order valence-corrected chi connectivity index (χ0v) is 13.3. The van der Waals surface area contributed by atoms with E-state index in [9.17, 15) is 8.42 Å².